The molecule has 2 aliphatic heterocycles. The first-order chi connectivity index (χ1) is 10.7. The van der Waals surface area contributed by atoms with Crippen molar-refractivity contribution in [3.8, 4) is 0 Å². The molecule has 1 fully saturated rings. The number of hydrogen-bond acceptors (Lipinski definition) is 4. The van der Waals surface area contributed by atoms with Crippen LogP contribution in [0.3, 0.4) is 0 Å². The van der Waals surface area contributed by atoms with Crippen LogP contribution in [0.1, 0.15) is 6.42 Å². The molecule has 116 valence electrons. The van der Waals surface area contributed by atoms with Gasteiger partial charge in [-0.3, -0.25) is 14.5 Å². The van der Waals surface area contributed by atoms with E-state index in [1.54, 1.807) is 17.1 Å². The van der Waals surface area contributed by atoms with E-state index in [-0.39, 0.29) is 35.8 Å². The lowest BCUT2D eigenvalue weighted by molar-refractivity contribution is -0.136. The monoisotopic (exact) mass is 319 g/mol. The van der Waals surface area contributed by atoms with Crippen LogP contribution in [-0.4, -0.2) is 65.3 Å². The molecular formula is C15H17N3O3S. The Bertz CT molecular complexity index is 591. The summed E-state index contributed by atoms with van der Waals surface area (Å²) in [6.07, 6.45) is 7.52. The topological polar surface area (TPSA) is 62.2 Å². The number of nitrogens with zero attached hydrogens (tertiary/aromatic N) is 3. The van der Waals surface area contributed by atoms with Crippen molar-refractivity contribution in [1.82, 2.24) is 9.80 Å². The fourth-order valence-corrected chi connectivity index (χ4v) is 2.95. The third-order valence-electron chi connectivity index (χ3n) is 3.90. The van der Waals surface area contributed by atoms with Gasteiger partial charge >= 0.3 is 0 Å². The van der Waals surface area contributed by atoms with Gasteiger partial charge in [0.25, 0.3) is 0 Å². The van der Waals surface area contributed by atoms with Crippen LogP contribution in [0.5, 0.6) is 0 Å². The molecule has 0 saturated carbocycles. The Morgan fingerprint density at radius 1 is 1.36 bits per heavy atom. The fourth-order valence-electron chi connectivity index (χ4n) is 2.66. The molecule has 7 heteroatoms. The molecule has 0 radical (unpaired) electrons. The van der Waals surface area contributed by atoms with Gasteiger partial charge in [0.1, 0.15) is 0 Å². The van der Waals surface area contributed by atoms with E-state index in [2.05, 4.69) is 4.99 Å². The maximum Gasteiger partial charge on any atom is 0.241 e. The Morgan fingerprint density at radius 3 is 2.91 bits per heavy atom. The molecule has 6 nitrogen and oxygen atoms in total. The number of carbonyl (C=O) groups is 2. The average Bonchev–Trinajstić information content (AvgIpc) is 2.55. The van der Waals surface area contributed by atoms with E-state index >= 15 is 0 Å². The number of carbonyl (C=O) groups excluding carboxylic acids is 2. The zero-order chi connectivity index (χ0) is 15.5. The van der Waals surface area contributed by atoms with Gasteiger partial charge in [-0.2, -0.15) is 0 Å². The number of allylic oxidation sites excluding steroid dienone is 3. The zero-order valence-electron chi connectivity index (χ0n) is 12.1. The first-order valence-electron chi connectivity index (χ1n) is 7.31. The Hall–Kier alpha value is -1.86. The van der Waals surface area contributed by atoms with Gasteiger partial charge < -0.3 is 9.64 Å². The van der Waals surface area contributed by atoms with Crippen molar-refractivity contribution >= 4 is 34.9 Å². The van der Waals surface area contributed by atoms with Gasteiger partial charge in [-0.15, -0.1) is 0 Å². The molecule has 1 saturated heterocycles. The number of aliphatic imine (C=N–C) groups is 1. The molecule has 1 aliphatic carbocycles. The predicted octanol–water partition coefficient (Wildman–Crippen LogP) is 0.546. The van der Waals surface area contributed by atoms with E-state index in [9.17, 15) is 9.59 Å². The van der Waals surface area contributed by atoms with E-state index in [1.165, 1.54) is 4.90 Å². The summed E-state index contributed by atoms with van der Waals surface area (Å²) in [6.45, 7) is 2.63. The highest BCUT2D eigenvalue weighted by molar-refractivity contribution is 7.80. The van der Waals surface area contributed by atoms with Crippen LogP contribution in [0.15, 0.2) is 29.3 Å². The Kier molecular flexibility index (Phi) is 4.44. The van der Waals surface area contributed by atoms with Gasteiger partial charge in [-0.1, -0.05) is 18.2 Å². The van der Waals surface area contributed by atoms with Crippen molar-refractivity contribution in [2.24, 2.45) is 10.9 Å². The summed E-state index contributed by atoms with van der Waals surface area (Å²) in [7, 11) is 0. The molecule has 0 aromatic rings. The van der Waals surface area contributed by atoms with Crippen LogP contribution in [-0.2, 0) is 14.3 Å². The normalized spacial score (nSPS) is 24.4. The van der Waals surface area contributed by atoms with Crippen LogP contribution >= 0.6 is 12.2 Å². The highest BCUT2D eigenvalue weighted by Gasteiger charge is 2.33. The van der Waals surface area contributed by atoms with Crippen molar-refractivity contribution in [2.45, 2.75) is 6.42 Å². The summed E-state index contributed by atoms with van der Waals surface area (Å²) in [5.74, 6) is -0.465. The van der Waals surface area contributed by atoms with Crippen molar-refractivity contribution in [1.29, 1.82) is 0 Å². The Labute approximate surface area is 134 Å². The Morgan fingerprint density at radius 2 is 2.14 bits per heavy atom. The van der Waals surface area contributed by atoms with Crippen molar-refractivity contribution in [2.75, 3.05) is 32.8 Å². The van der Waals surface area contributed by atoms with Crippen LogP contribution in [0, 0.1) is 5.92 Å². The zero-order valence-corrected chi connectivity index (χ0v) is 12.9. The highest BCUT2D eigenvalue weighted by Crippen LogP contribution is 2.20. The van der Waals surface area contributed by atoms with Gasteiger partial charge in [0.2, 0.25) is 16.9 Å². The van der Waals surface area contributed by atoms with Gasteiger partial charge in [0, 0.05) is 26.1 Å². The van der Waals surface area contributed by atoms with Crippen LogP contribution < -0.4 is 0 Å². The lowest BCUT2D eigenvalue weighted by Gasteiger charge is -2.31. The fraction of sp³-hybridized carbons (Fsp3) is 0.467. The number of ether oxygens (including phenoxy) is 1. The van der Waals surface area contributed by atoms with E-state index in [4.69, 9.17) is 17.0 Å². The first kappa shape index (κ1) is 15.1. The lowest BCUT2D eigenvalue weighted by Crippen LogP contribution is -2.48. The second kappa shape index (κ2) is 6.50. The molecule has 0 aromatic carbocycles. The largest absolute Gasteiger partial charge is 0.378 e. The third-order valence-corrected chi connectivity index (χ3v) is 4.21. The number of morpholine rings is 1. The maximum absolute atomic E-state index is 12.5. The van der Waals surface area contributed by atoms with Crippen molar-refractivity contribution in [3.63, 3.8) is 0 Å². The van der Waals surface area contributed by atoms with E-state index in [0.29, 0.717) is 32.0 Å². The number of fused-ring (bicyclic) bond motifs is 1. The molecule has 1 unspecified atom stereocenters. The van der Waals surface area contributed by atoms with Crippen molar-refractivity contribution in [3.05, 3.63) is 24.3 Å². The molecule has 2 heterocycles. The summed E-state index contributed by atoms with van der Waals surface area (Å²) in [5, 5.41) is 0.242. The molecule has 1 atom stereocenters. The highest BCUT2D eigenvalue weighted by atomic mass is 32.1. The van der Waals surface area contributed by atoms with Crippen molar-refractivity contribution < 1.29 is 14.3 Å². The second-order valence-electron chi connectivity index (χ2n) is 5.27. The van der Waals surface area contributed by atoms with E-state index < -0.39 is 0 Å². The summed E-state index contributed by atoms with van der Waals surface area (Å²) < 4.78 is 5.23. The van der Waals surface area contributed by atoms with Gasteiger partial charge in [0.05, 0.1) is 24.8 Å². The molecule has 0 N–H and O–H groups in total. The second-order valence-corrected chi connectivity index (χ2v) is 5.64. The lowest BCUT2D eigenvalue weighted by atomic mass is 9.95. The minimum absolute atomic E-state index is 0.0211. The summed E-state index contributed by atoms with van der Waals surface area (Å²) >= 11 is 5.20. The summed E-state index contributed by atoms with van der Waals surface area (Å²) in [6, 6.07) is 0. The molecular weight excluding hydrogens is 302 g/mol. The summed E-state index contributed by atoms with van der Waals surface area (Å²) in [4.78, 5) is 32.1. The SMILES string of the molecule is O=C(CCN1C(=O)C2C=CC=CC2=NC1=S)N1CCOCC1. The molecule has 3 aliphatic rings. The number of thiocarbonyl (C=S) groups is 1. The average molecular weight is 319 g/mol. The molecule has 0 spiro atoms. The molecule has 3 rings (SSSR count). The summed E-state index contributed by atoms with van der Waals surface area (Å²) in [5.41, 5.74) is 0.674. The van der Waals surface area contributed by atoms with Crippen LogP contribution in [0.2, 0.25) is 0 Å². The van der Waals surface area contributed by atoms with E-state index in [0.717, 1.165) is 0 Å². The smallest absolute Gasteiger partial charge is 0.241 e. The first-order valence-corrected chi connectivity index (χ1v) is 7.72. The van der Waals surface area contributed by atoms with Gasteiger partial charge in [-0.25, -0.2) is 4.99 Å². The standard InChI is InChI=1S/C15H17N3O3S/c19-13(17-7-9-21-10-8-17)5-6-18-14(20)11-3-1-2-4-12(11)16-15(18)22/h1-4,11H,5-10H2. The minimum Gasteiger partial charge on any atom is -0.378 e. The van der Waals surface area contributed by atoms with Crippen LogP contribution in [0.4, 0.5) is 0 Å². The number of hydrogen-bond donors (Lipinski definition) is 0. The number of amides is 2. The van der Waals surface area contributed by atoms with Gasteiger partial charge in [-0.05, 0) is 18.3 Å². The predicted molar refractivity (Wildman–Crippen MR) is 85.5 cm³/mol. The van der Waals surface area contributed by atoms with E-state index in [1.807, 2.05) is 12.2 Å². The molecule has 2 amide bonds. The van der Waals surface area contributed by atoms with Crippen LogP contribution in [0.25, 0.3) is 0 Å². The number of rotatable bonds is 3. The molecule has 0 bridgehead atoms. The molecule has 22 heavy (non-hydrogen) atoms. The Balaban J connectivity index is 1.62. The van der Waals surface area contributed by atoms with Gasteiger partial charge in [0.15, 0.2) is 0 Å². The quantitative estimate of drug-likeness (QED) is 0.713. The maximum atomic E-state index is 12.5. The third kappa shape index (κ3) is 3.00. The minimum atomic E-state index is -0.379. The molecule has 0 aromatic heterocycles.